The molecule has 8 heteroatoms. The summed E-state index contributed by atoms with van der Waals surface area (Å²) < 4.78 is 0. The van der Waals surface area contributed by atoms with Crippen molar-refractivity contribution in [3.63, 3.8) is 0 Å². The minimum absolute atomic E-state index is 0. The highest BCUT2D eigenvalue weighted by molar-refractivity contribution is 7.20. The summed E-state index contributed by atoms with van der Waals surface area (Å²) in [5, 5.41) is 2.91. The summed E-state index contributed by atoms with van der Waals surface area (Å²) in [6, 6.07) is 0.627. The molecule has 6 nitrogen and oxygen atoms in total. The Morgan fingerprint density at radius 2 is 1.93 bits per heavy atom. The lowest BCUT2D eigenvalue weighted by Crippen LogP contribution is -2.21. The largest absolute Gasteiger partial charge is 0.391 e. The smallest absolute Gasteiger partial charge is 0.317 e. The van der Waals surface area contributed by atoms with Gasteiger partial charge in [0.25, 0.3) is 5.91 Å². The Hall–Kier alpha value is -1.47. The molecule has 0 saturated carbocycles. The van der Waals surface area contributed by atoms with Gasteiger partial charge in [-0.2, -0.15) is 0 Å². The average Bonchev–Trinajstić information content (AvgIpc) is 2.29. The molecule has 14 heavy (non-hydrogen) atoms. The van der Waals surface area contributed by atoms with Gasteiger partial charge in [-0.3, -0.25) is 10.1 Å². The standard InChI is InChI=1S/C6H8N4O2S.ClH/c7-3-1-2(4(8)11)5(13-3)10-6(9)12;/h1H,7H2,(H2,8,11)(H3,9,10,12);1H. The van der Waals surface area contributed by atoms with E-state index in [-0.39, 0.29) is 23.0 Å². The lowest BCUT2D eigenvalue weighted by atomic mass is 10.3. The number of carbonyl (C=O) groups excluding carboxylic acids is 2. The zero-order chi connectivity index (χ0) is 10.0. The number of nitrogens with two attached hydrogens (primary N) is 3. The second kappa shape index (κ2) is 4.68. The third-order valence-electron chi connectivity index (χ3n) is 1.25. The Morgan fingerprint density at radius 3 is 2.36 bits per heavy atom. The molecule has 1 rings (SSSR count). The monoisotopic (exact) mass is 236 g/mol. The molecule has 0 unspecified atom stereocenters. The molecular formula is C6H9ClN4O2S. The highest BCUT2D eigenvalue weighted by atomic mass is 35.5. The van der Waals surface area contributed by atoms with Crippen LogP contribution in [0.2, 0.25) is 0 Å². The van der Waals surface area contributed by atoms with Crippen LogP contribution >= 0.6 is 23.7 Å². The first kappa shape index (κ1) is 12.5. The number of carbonyl (C=O) groups is 2. The molecule has 0 aliphatic carbocycles. The van der Waals surface area contributed by atoms with Gasteiger partial charge in [0.1, 0.15) is 5.00 Å². The van der Waals surface area contributed by atoms with Crippen molar-refractivity contribution in [3.05, 3.63) is 11.6 Å². The number of urea groups is 1. The number of nitrogens with one attached hydrogen (secondary N) is 1. The number of anilines is 2. The van der Waals surface area contributed by atoms with Gasteiger partial charge >= 0.3 is 6.03 Å². The average molecular weight is 237 g/mol. The third kappa shape index (κ3) is 2.79. The second-order valence-corrected chi connectivity index (χ2v) is 3.33. The van der Waals surface area contributed by atoms with E-state index in [1.54, 1.807) is 0 Å². The molecule has 0 aliphatic rings. The molecule has 1 aromatic rings. The number of hydrogen-bond donors (Lipinski definition) is 4. The normalized spacial score (nSPS) is 8.86. The minimum Gasteiger partial charge on any atom is -0.391 e. The van der Waals surface area contributed by atoms with Gasteiger partial charge < -0.3 is 17.2 Å². The maximum atomic E-state index is 10.8. The van der Waals surface area contributed by atoms with E-state index >= 15 is 0 Å². The first-order chi connectivity index (χ1) is 6.00. The summed E-state index contributed by atoms with van der Waals surface area (Å²) in [7, 11) is 0. The summed E-state index contributed by atoms with van der Waals surface area (Å²) in [5.41, 5.74) is 15.5. The summed E-state index contributed by atoms with van der Waals surface area (Å²) >= 11 is 1.04. The minimum atomic E-state index is -0.760. The number of amides is 3. The van der Waals surface area contributed by atoms with Gasteiger partial charge in [-0.25, -0.2) is 4.79 Å². The quantitative estimate of drug-likeness (QED) is 0.592. The van der Waals surface area contributed by atoms with E-state index in [1.807, 2.05) is 0 Å². The van der Waals surface area contributed by atoms with Gasteiger partial charge in [-0.1, -0.05) is 0 Å². The zero-order valence-corrected chi connectivity index (χ0v) is 8.58. The Morgan fingerprint density at radius 1 is 1.36 bits per heavy atom. The van der Waals surface area contributed by atoms with Crippen LogP contribution in [-0.2, 0) is 0 Å². The lowest BCUT2D eigenvalue weighted by molar-refractivity contribution is 0.100. The van der Waals surface area contributed by atoms with Crippen molar-refractivity contribution in [2.45, 2.75) is 0 Å². The van der Waals surface area contributed by atoms with E-state index in [0.29, 0.717) is 5.00 Å². The molecule has 0 aromatic carbocycles. The number of nitrogen functional groups attached to an aromatic ring is 1. The number of halogens is 1. The maximum absolute atomic E-state index is 10.8. The molecule has 1 heterocycles. The lowest BCUT2D eigenvalue weighted by Gasteiger charge is -1.98. The number of hydrogen-bond acceptors (Lipinski definition) is 4. The highest BCUT2D eigenvalue weighted by Crippen LogP contribution is 2.29. The van der Waals surface area contributed by atoms with E-state index in [1.165, 1.54) is 6.07 Å². The summed E-state index contributed by atoms with van der Waals surface area (Å²) in [6.07, 6.45) is 0. The van der Waals surface area contributed by atoms with E-state index in [2.05, 4.69) is 5.32 Å². The van der Waals surface area contributed by atoms with Crippen molar-refractivity contribution in [1.29, 1.82) is 0 Å². The molecule has 7 N–H and O–H groups in total. The van der Waals surface area contributed by atoms with Crippen LogP contribution in [0.15, 0.2) is 6.07 Å². The fourth-order valence-corrected chi connectivity index (χ4v) is 1.63. The van der Waals surface area contributed by atoms with Crippen molar-refractivity contribution in [1.82, 2.24) is 0 Å². The van der Waals surface area contributed by atoms with Crippen molar-refractivity contribution < 1.29 is 9.59 Å². The van der Waals surface area contributed by atoms with Gasteiger partial charge in [0.05, 0.1) is 10.6 Å². The molecule has 0 aliphatic heterocycles. The topological polar surface area (TPSA) is 124 Å². The predicted molar refractivity (Wildman–Crippen MR) is 57.7 cm³/mol. The van der Waals surface area contributed by atoms with Crippen LogP contribution in [0.3, 0.4) is 0 Å². The molecule has 1 aromatic heterocycles. The molecule has 0 spiro atoms. The van der Waals surface area contributed by atoms with Gasteiger partial charge in [-0.05, 0) is 6.07 Å². The van der Waals surface area contributed by atoms with E-state index in [9.17, 15) is 9.59 Å². The second-order valence-electron chi connectivity index (χ2n) is 2.25. The maximum Gasteiger partial charge on any atom is 0.317 e. The molecule has 78 valence electrons. The highest BCUT2D eigenvalue weighted by Gasteiger charge is 2.13. The van der Waals surface area contributed by atoms with Crippen LogP contribution in [-0.4, -0.2) is 11.9 Å². The van der Waals surface area contributed by atoms with Gasteiger partial charge in [0.15, 0.2) is 0 Å². The fourth-order valence-electron chi connectivity index (χ4n) is 0.798. The molecular weight excluding hydrogens is 228 g/mol. The van der Waals surface area contributed by atoms with E-state index < -0.39 is 11.9 Å². The Balaban J connectivity index is 0.00000169. The summed E-state index contributed by atoms with van der Waals surface area (Å²) in [4.78, 5) is 21.3. The molecule has 0 radical (unpaired) electrons. The van der Waals surface area contributed by atoms with Crippen molar-refractivity contribution in [2.24, 2.45) is 11.5 Å². The molecule has 0 atom stereocenters. The fraction of sp³-hybridized carbons (Fsp3) is 0. The molecule has 0 fully saturated rings. The van der Waals surface area contributed by atoms with Crippen LogP contribution in [0.5, 0.6) is 0 Å². The molecule has 0 saturated heterocycles. The Bertz CT molecular complexity index is 365. The number of primary amides is 2. The van der Waals surface area contributed by atoms with Crippen molar-refractivity contribution in [3.8, 4) is 0 Å². The number of thiophene rings is 1. The number of rotatable bonds is 2. The van der Waals surface area contributed by atoms with Crippen LogP contribution in [0.25, 0.3) is 0 Å². The van der Waals surface area contributed by atoms with Gasteiger partial charge in [0, 0.05) is 0 Å². The van der Waals surface area contributed by atoms with E-state index in [4.69, 9.17) is 17.2 Å². The molecule has 3 amide bonds. The predicted octanol–water partition coefficient (Wildman–Crippen LogP) is 0.342. The van der Waals surface area contributed by atoms with Gasteiger partial charge in [0.2, 0.25) is 0 Å². The summed E-state index contributed by atoms with van der Waals surface area (Å²) in [6.45, 7) is 0. The van der Waals surface area contributed by atoms with Gasteiger partial charge in [-0.15, -0.1) is 23.7 Å². The van der Waals surface area contributed by atoms with Crippen molar-refractivity contribution in [2.75, 3.05) is 11.1 Å². The first-order valence-corrected chi connectivity index (χ1v) is 4.08. The van der Waals surface area contributed by atoms with Crippen LogP contribution in [0, 0.1) is 0 Å². The van der Waals surface area contributed by atoms with Crippen molar-refractivity contribution >= 4 is 45.7 Å². The molecule has 0 bridgehead atoms. The third-order valence-corrected chi connectivity index (χ3v) is 2.13. The van der Waals surface area contributed by atoms with Crippen LogP contribution in [0.4, 0.5) is 14.8 Å². The Kier molecular flexibility index (Phi) is 4.19. The SMILES string of the molecule is Cl.NC(=O)Nc1sc(N)cc1C(N)=O. The Labute approximate surface area is 89.8 Å². The summed E-state index contributed by atoms with van der Waals surface area (Å²) in [5.74, 6) is -0.656. The first-order valence-electron chi connectivity index (χ1n) is 3.26. The van der Waals surface area contributed by atoms with Crippen LogP contribution < -0.4 is 22.5 Å². The van der Waals surface area contributed by atoms with Crippen LogP contribution in [0.1, 0.15) is 10.4 Å². The zero-order valence-electron chi connectivity index (χ0n) is 6.94. The van der Waals surface area contributed by atoms with E-state index in [0.717, 1.165) is 11.3 Å².